The maximum atomic E-state index is 14.1. The summed E-state index contributed by atoms with van der Waals surface area (Å²) >= 11 is 5.06. The van der Waals surface area contributed by atoms with Crippen molar-refractivity contribution in [2.45, 2.75) is 0 Å². The van der Waals surface area contributed by atoms with Crippen LogP contribution in [0, 0.1) is 11.7 Å². The average molecular weight is 384 g/mol. The first-order valence-electron chi connectivity index (χ1n) is 8.13. The second kappa shape index (κ2) is 7.63. The van der Waals surface area contributed by atoms with Gasteiger partial charge in [-0.25, -0.2) is 4.39 Å². The van der Waals surface area contributed by atoms with Gasteiger partial charge in [0.15, 0.2) is 11.0 Å². The second-order valence-electron chi connectivity index (χ2n) is 6.09. The fourth-order valence-corrected chi connectivity index (χ4v) is 2.88. The Morgan fingerprint density at radius 1 is 1.19 bits per heavy atom. The van der Waals surface area contributed by atoms with Gasteiger partial charge in [-0.15, -0.1) is 0 Å². The van der Waals surface area contributed by atoms with Gasteiger partial charge >= 0.3 is 0 Å². The van der Waals surface area contributed by atoms with Crippen LogP contribution in [-0.2, 0) is 9.59 Å². The SMILES string of the molecule is CN(C)c1cccc(N=CC2C(=O)NC(=S)N(c3ccccc3F)C2=O)c1. The monoisotopic (exact) mass is 384 g/mol. The predicted octanol–water partition coefficient (Wildman–Crippen LogP) is 2.66. The van der Waals surface area contributed by atoms with Gasteiger partial charge in [0.2, 0.25) is 5.91 Å². The van der Waals surface area contributed by atoms with Gasteiger partial charge in [0.05, 0.1) is 11.4 Å². The molecule has 0 saturated carbocycles. The molecule has 0 aromatic heterocycles. The number of nitrogens with zero attached hydrogens (tertiary/aromatic N) is 3. The van der Waals surface area contributed by atoms with Crippen molar-refractivity contribution in [1.82, 2.24) is 5.32 Å². The van der Waals surface area contributed by atoms with E-state index in [1.165, 1.54) is 24.4 Å². The highest BCUT2D eigenvalue weighted by Gasteiger charge is 2.39. The van der Waals surface area contributed by atoms with Gasteiger partial charge in [-0.3, -0.25) is 19.5 Å². The largest absolute Gasteiger partial charge is 0.378 e. The first-order chi connectivity index (χ1) is 12.9. The fraction of sp³-hybridized carbons (Fsp3) is 0.158. The van der Waals surface area contributed by atoms with Crippen molar-refractivity contribution in [2.75, 3.05) is 23.9 Å². The van der Waals surface area contributed by atoms with Crippen molar-refractivity contribution in [3.63, 3.8) is 0 Å². The average Bonchev–Trinajstić information content (AvgIpc) is 2.63. The minimum Gasteiger partial charge on any atom is -0.378 e. The molecular weight excluding hydrogens is 367 g/mol. The third-order valence-corrected chi connectivity index (χ3v) is 4.30. The highest BCUT2D eigenvalue weighted by atomic mass is 32.1. The molecule has 1 aliphatic rings. The van der Waals surface area contributed by atoms with Crippen LogP contribution < -0.4 is 15.1 Å². The van der Waals surface area contributed by atoms with E-state index in [1.54, 1.807) is 12.1 Å². The van der Waals surface area contributed by atoms with E-state index < -0.39 is 23.5 Å². The smallest absolute Gasteiger partial charge is 0.251 e. The number of carbonyl (C=O) groups excluding carboxylic acids is 2. The molecule has 2 amide bonds. The van der Waals surface area contributed by atoms with E-state index in [4.69, 9.17) is 12.2 Å². The molecule has 2 aromatic rings. The molecule has 1 saturated heterocycles. The Morgan fingerprint density at radius 3 is 2.63 bits per heavy atom. The maximum absolute atomic E-state index is 14.1. The standard InChI is InChI=1S/C19H17FN4O2S/c1-23(2)13-7-5-6-12(10-13)21-11-14-17(25)22-19(27)24(18(14)26)16-9-4-3-8-15(16)20/h3-11,14H,1-2H3,(H,22,25,27). The zero-order chi connectivity index (χ0) is 19.6. The van der Waals surface area contributed by atoms with Gasteiger partial charge < -0.3 is 10.2 Å². The van der Waals surface area contributed by atoms with Crippen LogP contribution in [0.15, 0.2) is 53.5 Å². The van der Waals surface area contributed by atoms with Gasteiger partial charge in [-0.1, -0.05) is 18.2 Å². The quantitative estimate of drug-likeness (QED) is 0.500. The first-order valence-corrected chi connectivity index (χ1v) is 8.54. The highest BCUT2D eigenvalue weighted by molar-refractivity contribution is 7.80. The van der Waals surface area contributed by atoms with Crippen molar-refractivity contribution in [1.29, 1.82) is 0 Å². The maximum Gasteiger partial charge on any atom is 0.251 e. The molecule has 1 unspecified atom stereocenters. The van der Waals surface area contributed by atoms with Gasteiger partial charge in [0, 0.05) is 26.0 Å². The Morgan fingerprint density at radius 2 is 1.93 bits per heavy atom. The molecular formula is C19H17FN4O2S. The van der Waals surface area contributed by atoms with E-state index in [-0.39, 0.29) is 10.8 Å². The van der Waals surface area contributed by atoms with Crippen molar-refractivity contribution in [2.24, 2.45) is 10.9 Å². The Labute approximate surface area is 161 Å². The number of halogens is 1. The third-order valence-electron chi connectivity index (χ3n) is 4.01. The molecule has 1 fully saturated rings. The van der Waals surface area contributed by atoms with E-state index >= 15 is 0 Å². The van der Waals surface area contributed by atoms with Gasteiger partial charge in [-0.2, -0.15) is 0 Å². The van der Waals surface area contributed by atoms with Gasteiger partial charge in [-0.05, 0) is 42.5 Å². The van der Waals surface area contributed by atoms with Crippen molar-refractivity contribution in [3.05, 3.63) is 54.3 Å². The number of benzene rings is 2. The van der Waals surface area contributed by atoms with Crippen LogP contribution in [-0.4, -0.2) is 37.2 Å². The number of hydrogen-bond donors (Lipinski definition) is 1. The second-order valence-corrected chi connectivity index (χ2v) is 6.48. The number of rotatable bonds is 4. The van der Waals surface area contributed by atoms with Gasteiger partial charge in [0.1, 0.15) is 5.82 Å². The molecule has 138 valence electrons. The summed E-state index contributed by atoms with van der Waals surface area (Å²) in [4.78, 5) is 32.2. The number of nitrogens with one attached hydrogen (secondary N) is 1. The van der Waals surface area contributed by atoms with E-state index in [9.17, 15) is 14.0 Å². The molecule has 1 aliphatic heterocycles. The van der Waals surface area contributed by atoms with E-state index in [0.717, 1.165) is 10.6 Å². The van der Waals surface area contributed by atoms with Crippen molar-refractivity contribution >= 4 is 52.4 Å². The highest BCUT2D eigenvalue weighted by Crippen LogP contribution is 2.24. The number of carbonyl (C=O) groups is 2. The molecule has 6 nitrogen and oxygen atoms in total. The lowest BCUT2D eigenvalue weighted by Gasteiger charge is -2.31. The lowest BCUT2D eigenvalue weighted by atomic mass is 10.1. The zero-order valence-corrected chi connectivity index (χ0v) is 15.5. The molecule has 27 heavy (non-hydrogen) atoms. The Balaban J connectivity index is 1.90. The molecule has 1 atom stereocenters. The lowest BCUT2D eigenvalue weighted by Crippen LogP contribution is -2.58. The van der Waals surface area contributed by atoms with Crippen molar-refractivity contribution < 1.29 is 14.0 Å². The van der Waals surface area contributed by atoms with Crippen molar-refractivity contribution in [3.8, 4) is 0 Å². The molecule has 1 N–H and O–H groups in total. The predicted molar refractivity (Wildman–Crippen MR) is 107 cm³/mol. The van der Waals surface area contributed by atoms with Crippen LogP contribution in [0.2, 0.25) is 0 Å². The van der Waals surface area contributed by atoms with Crippen LogP contribution >= 0.6 is 12.2 Å². The van der Waals surface area contributed by atoms with E-state index in [0.29, 0.717) is 5.69 Å². The number of para-hydroxylation sites is 1. The topological polar surface area (TPSA) is 65.0 Å². The number of anilines is 2. The molecule has 8 heteroatoms. The van der Waals surface area contributed by atoms with E-state index in [1.807, 2.05) is 37.2 Å². The third kappa shape index (κ3) is 3.85. The number of hydrogen-bond acceptors (Lipinski definition) is 5. The molecule has 0 aliphatic carbocycles. The van der Waals surface area contributed by atoms with E-state index in [2.05, 4.69) is 10.3 Å². The molecule has 0 bridgehead atoms. The Bertz CT molecular complexity index is 945. The van der Waals surface area contributed by atoms with Crippen LogP contribution in [0.1, 0.15) is 0 Å². The normalized spacial score (nSPS) is 17.4. The lowest BCUT2D eigenvalue weighted by molar-refractivity contribution is -0.130. The summed E-state index contributed by atoms with van der Waals surface area (Å²) in [5.41, 5.74) is 1.51. The minimum absolute atomic E-state index is 0.0134. The summed E-state index contributed by atoms with van der Waals surface area (Å²) in [7, 11) is 3.79. The molecule has 0 radical (unpaired) electrons. The minimum atomic E-state index is -1.21. The summed E-state index contributed by atoms with van der Waals surface area (Å²) in [6, 6.07) is 13.0. The first kappa shape index (κ1) is 18.7. The van der Waals surface area contributed by atoms with Gasteiger partial charge in [0.25, 0.3) is 5.91 Å². The molecule has 1 heterocycles. The number of thiocarbonyl (C=S) groups is 1. The van der Waals surface area contributed by atoms with Crippen LogP contribution in [0.4, 0.5) is 21.5 Å². The Hall–Kier alpha value is -3.13. The summed E-state index contributed by atoms with van der Waals surface area (Å²) in [6.07, 6.45) is 1.25. The summed E-state index contributed by atoms with van der Waals surface area (Å²) < 4.78 is 14.1. The number of amides is 2. The summed E-state index contributed by atoms with van der Waals surface area (Å²) in [5.74, 6) is -3.07. The van der Waals surface area contributed by atoms with Crippen LogP contribution in [0.25, 0.3) is 0 Å². The molecule has 2 aromatic carbocycles. The number of aliphatic imine (C=N–C) groups is 1. The summed E-state index contributed by atoms with van der Waals surface area (Å²) in [6.45, 7) is 0. The fourth-order valence-electron chi connectivity index (χ4n) is 2.60. The molecule has 0 spiro atoms. The Kier molecular flexibility index (Phi) is 5.27. The molecule has 3 rings (SSSR count). The zero-order valence-electron chi connectivity index (χ0n) is 14.7. The van der Waals surface area contributed by atoms with Crippen LogP contribution in [0.5, 0.6) is 0 Å². The van der Waals surface area contributed by atoms with Crippen LogP contribution in [0.3, 0.4) is 0 Å². The summed E-state index contributed by atoms with van der Waals surface area (Å²) in [5, 5.41) is 2.27.